The second-order valence-corrected chi connectivity index (χ2v) is 7.54. The number of nitrogens with one attached hydrogen (secondary N) is 2. The molecule has 0 radical (unpaired) electrons. The van der Waals surface area contributed by atoms with Crippen molar-refractivity contribution in [2.75, 3.05) is 5.73 Å². The maximum atomic E-state index is 14.9. The first kappa shape index (κ1) is 20.4. The van der Waals surface area contributed by atoms with Crippen molar-refractivity contribution >= 4 is 50.7 Å². The number of anilines is 1. The second-order valence-electron chi connectivity index (χ2n) is 5.84. The van der Waals surface area contributed by atoms with Gasteiger partial charge in [-0.15, -0.1) is 0 Å². The molecule has 1 aromatic heterocycles. The van der Waals surface area contributed by atoms with Crippen molar-refractivity contribution in [2.45, 2.75) is 13.5 Å². The SMILES string of the molecule is Cc1nc(C(=O)NCc2ccc(Cl)c(Oc3cc(N)cc(Br)c3)c2F)c(Cl)[nH]1. The summed E-state index contributed by atoms with van der Waals surface area (Å²) in [5, 5.41) is 2.76. The highest BCUT2D eigenvalue weighted by Gasteiger charge is 2.18. The van der Waals surface area contributed by atoms with Crippen molar-refractivity contribution in [1.82, 2.24) is 15.3 Å². The van der Waals surface area contributed by atoms with E-state index >= 15 is 0 Å². The van der Waals surface area contributed by atoms with Gasteiger partial charge in [0.25, 0.3) is 5.91 Å². The van der Waals surface area contributed by atoms with Gasteiger partial charge in [0.05, 0.1) is 5.02 Å². The van der Waals surface area contributed by atoms with E-state index < -0.39 is 11.7 Å². The number of nitrogen functional groups attached to an aromatic ring is 1. The van der Waals surface area contributed by atoms with Crippen molar-refractivity contribution in [3.8, 4) is 11.5 Å². The predicted octanol–water partition coefficient (Wildman–Crippen LogP) is 5.23. The molecule has 6 nitrogen and oxygen atoms in total. The maximum absolute atomic E-state index is 14.9. The fourth-order valence-corrected chi connectivity index (χ4v) is 3.38. The molecule has 0 fully saturated rings. The van der Waals surface area contributed by atoms with Crippen molar-refractivity contribution < 1.29 is 13.9 Å². The topological polar surface area (TPSA) is 93.0 Å². The number of rotatable bonds is 5. The van der Waals surface area contributed by atoms with E-state index in [0.717, 1.165) is 0 Å². The minimum atomic E-state index is -0.698. The van der Waals surface area contributed by atoms with E-state index in [1.165, 1.54) is 18.2 Å². The Kier molecular flexibility index (Phi) is 6.12. The molecular weight excluding hydrogens is 474 g/mol. The van der Waals surface area contributed by atoms with Gasteiger partial charge in [0.2, 0.25) is 0 Å². The molecule has 0 aliphatic heterocycles. The number of hydrogen-bond donors (Lipinski definition) is 3. The van der Waals surface area contributed by atoms with Gasteiger partial charge in [0, 0.05) is 28.3 Å². The van der Waals surface area contributed by atoms with Crippen molar-refractivity contribution in [2.24, 2.45) is 0 Å². The van der Waals surface area contributed by atoms with Crippen LogP contribution in [0.2, 0.25) is 10.2 Å². The van der Waals surface area contributed by atoms with Crippen LogP contribution in [0.25, 0.3) is 0 Å². The summed E-state index contributed by atoms with van der Waals surface area (Å²) in [5.74, 6) is -0.592. The highest BCUT2D eigenvalue weighted by molar-refractivity contribution is 9.10. The molecule has 0 saturated carbocycles. The molecule has 3 rings (SSSR count). The third-order valence-corrected chi connectivity index (χ3v) is 4.70. The van der Waals surface area contributed by atoms with E-state index in [9.17, 15) is 9.18 Å². The second kappa shape index (κ2) is 8.38. The molecule has 10 heteroatoms. The standard InChI is InChI=1S/C18H14BrCl2FN4O2/c1-8-25-15(17(21)26-8)18(27)24-7-9-2-3-13(20)16(14(9)22)28-12-5-10(19)4-11(23)6-12/h2-6H,7,23H2,1H3,(H,24,27)(H,25,26). The highest BCUT2D eigenvalue weighted by Crippen LogP contribution is 2.35. The van der Waals surface area contributed by atoms with Gasteiger partial charge in [-0.2, -0.15) is 0 Å². The number of benzene rings is 2. The average molecular weight is 488 g/mol. The van der Waals surface area contributed by atoms with E-state index in [-0.39, 0.29) is 33.7 Å². The number of ether oxygens (including phenoxy) is 1. The quantitative estimate of drug-likeness (QED) is 0.429. The third-order valence-electron chi connectivity index (χ3n) is 3.68. The summed E-state index contributed by atoms with van der Waals surface area (Å²) in [4.78, 5) is 18.9. The minimum absolute atomic E-state index is 0.0367. The number of aryl methyl sites for hydroxylation is 1. The summed E-state index contributed by atoms with van der Waals surface area (Å²) in [7, 11) is 0. The van der Waals surface area contributed by atoms with Crippen LogP contribution in [0.1, 0.15) is 21.9 Å². The molecule has 0 bridgehead atoms. The zero-order chi connectivity index (χ0) is 20.4. The van der Waals surface area contributed by atoms with E-state index in [1.54, 1.807) is 19.1 Å². The zero-order valence-corrected chi connectivity index (χ0v) is 17.5. The zero-order valence-electron chi connectivity index (χ0n) is 14.4. The Bertz CT molecular complexity index is 1040. The Balaban J connectivity index is 1.80. The number of imidazole rings is 1. The summed E-state index contributed by atoms with van der Waals surface area (Å²) in [6.45, 7) is 1.56. The molecule has 28 heavy (non-hydrogen) atoms. The van der Waals surface area contributed by atoms with Crippen LogP contribution in [-0.4, -0.2) is 15.9 Å². The number of carbonyl (C=O) groups excluding carboxylic acids is 1. The van der Waals surface area contributed by atoms with Gasteiger partial charge in [-0.25, -0.2) is 9.37 Å². The number of nitrogens with zero attached hydrogens (tertiary/aromatic N) is 1. The van der Waals surface area contributed by atoms with Gasteiger partial charge in [-0.1, -0.05) is 45.2 Å². The lowest BCUT2D eigenvalue weighted by Crippen LogP contribution is -2.24. The summed E-state index contributed by atoms with van der Waals surface area (Å²) < 4.78 is 21.2. The number of amides is 1. The molecule has 0 aliphatic rings. The summed E-state index contributed by atoms with van der Waals surface area (Å²) in [6.07, 6.45) is 0. The number of hydrogen-bond acceptors (Lipinski definition) is 4. The van der Waals surface area contributed by atoms with Crippen molar-refractivity contribution in [3.05, 3.63) is 67.9 Å². The van der Waals surface area contributed by atoms with Crippen LogP contribution in [0.4, 0.5) is 10.1 Å². The molecule has 0 atom stereocenters. The predicted molar refractivity (Wildman–Crippen MR) is 110 cm³/mol. The lowest BCUT2D eigenvalue weighted by molar-refractivity contribution is 0.0946. The lowest BCUT2D eigenvalue weighted by atomic mass is 10.2. The van der Waals surface area contributed by atoms with E-state index in [4.69, 9.17) is 33.7 Å². The number of H-pyrrole nitrogens is 1. The van der Waals surface area contributed by atoms with Crippen LogP contribution in [-0.2, 0) is 6.54 Å². The van der Waals surface area contributed by atoms with Crippen LogP contribution < -0.4 is 15.8 Å². The van der Waals surface area contributed by atoms with Crippen LogP contribution in [0, 0.1) is 12.7 Å². The van der Waals surface area contributed by atoms with E-state index in [0.29, 0.717) is 21.7 Å². The lowest BCUT2D eigenvalue weighted by Gasteiger charge is -2.13. The van der Waals surface area contributed by atoms with Crippen LogP contribution >= 0.6 is 39.1 Å². The first-order valence-electron chi connectivity index (χ1n) is 7.95. The van der Waals surface area contributed by atoms with Crippen LogP contribution in [0.15, 0.2) is 34.8 Å². The van der Waals surface area contributed by atoms with Gasteiger partial charge in [-0.05, 0) is 25.1 Å². The molecule has 3 aromatic rings. The molecular formula is C18H14BrCl2FN4O2. The molecule has 4 N–H and O–H groups in total. The van der Waals surface area contributed by atoms with E-state index in [2.05, 4.69) is 31.2 Å². The Hall–Kier alpha value is -2.29. The Morgan fingerprint density at radius 1 is 1.36 bits per heavy atom. The Morgan fingerprint density at radius 2 is 2.11 bits per heavy atom. The molecule has 1 amide bonds. The fourth-order valence-electron chi connectivity index (χ4n) is 2.44. The van der Waals surface area contributed by atoms with Gasteiger partial charge in [0.1, 0.15) is 16.7 Å². The third kappa shape index (κ3) is 4.57. The Labute approximate surface area is 178 Å². The monoisotopic (exact) mass is 486 g/mol. The number of carbonyl (C=O) groups is 1. The first-order valence-corrected chi connectivity index (χ1v) is 9.50. The molecule has 0 spiro atoms. The largest absolute Gasteiger partial charge is 0.453 e. The highest BCUT2D eigenvalue weighted by atomic mass is 79.9. The van der Waals surface area contributed by atoms with Crippen molar-refractivity contribution in [3.63, 3.8) is 0 Å². The van der Waals surface area contributed by atoms with Gasteiger partial charge in [-0.3, -0.25) is 4.79 Å². The van der Waals surface area contributed by atoms with Crippen LogP contribution in [0.5, 0.6) is 11.5 Å². The van der Waals surface area contributed by atoms with Gasteiger partial charge < -0.3 is 20.8 Å². The summed E-state index contributed by atoms with van der Waals surface area (Å²) >= 11 is 15.3. The molecule has 2 aromatic carbocycles. The molecule has 0 saturated heterocycles. The van der Waals surface area contributed by atoms with Gasteiger partial charge in [0.15, 0.2) is 17.3 Å². The molecule has 1 heterocycles. The summed E-state index contributed by atoms with van der Waals surface area (Å²) in [5.41, 5.74) is 6.42. The molecule has 146 valence electrons. The maximum Gasteiger partial charge on any atom is 0.273 e. The number of aromatic nitrogens is 2. The fraction of sp³-hybridized carbons (Fsp3) is 0.111. The molecule has 0 aliphatic carbocycles. The van der Waals surface area contributed by atoms with Crippen LogP contribution in [0.3, 0.4) is 0 Å². The van der Waals surface area contributed by atoms with Crippen molar-refractivity contribution in [1.29, 1.82) is 0 Å². The minimum Gasteiger partial charge on any atom is -0.453 e. The smallest absolute Gasteiger partial charge is 0.273 e. The first-order chi connectivity index (χ1) is 13.2. The average Bonchev–Trinajstić information content (AvgIpc) is 2.95. The number of aromatic amines is 1. The number of halogens is 4. The Morgan fingerprint density at radius 3 is 2.75 bits per heavy atom. The number of nitrogens with two attached hydrogens (primary N) is 1. The molecule has 0 unspecified atom stereocenters. The van der Waals surface area contributed by atoms with E-state index in [1.807, 2.05) is 0 Å². The summed E-state index contributed by atoms with van der Waals surface area (Å²) in [6, 6.07) is 7.78. The normalized spacial score (nSPS) is 10.8. The van der Waals surface area contributed by atoms with Gasteiger partial charge >= 0.3 is 0 Å².